The van der Waals surface area contributed by atoms with Crippen LogP contribution in [0.5, 0.6) is 5.75 Å². The minimum Gasteiger partial charge on any atom is -0.488 e. The van der Waals surface area contributed by atoms with E-state index in [9.17, 15) is 0 Å². The van der Waals surface area contributed by atoms with Crippen molar-refractivity contribution < 1.29 is 4.74 Å². The Bertz CT molecular complexity index is 939. The fraction of sp³-hybridized carbons (Fsp3) is 0.143. The third kappa shape index (κ3) is 5.24. The van der Waals surface area contributed by atoms with Gasteiger partial charge in [0.1, 0.15) is 12.4 Å². The number of hydrogen-bond donors (Lipinski definition) is 1. The molecule has 1 N–H and O–H groups in total. The average molecular weight is 441 g/mol. The summed E-state index contributed by atoms with van der Waals surface area (Å²) < 4.78 is 5.98. The maximum absolute atomic E-state index is 6.22. The fourth-order valence-corrected chi connectivity index (χ4v) is 3.43. The van der Waals surface area contributed by atoms with Gasteiger partial charge in [0.2, 0.25) is 0 Å². The Morgan fingerprint density at radius 2 is 1.59 bits per heavy atom. The molecule has 0 aliphatic rings. The minimum atomic E-state index is 0.267. The molecule has 0 aliphatic carbocycles. The number of rotatable bonds is 6. The second-order valence-electron chi connectivity index (χ2n) is 6.06. The summed E-state index contributed by atoms with van der Waals surface area (Å²) in [5, 5.41) is 5.85. The molecule has 140 valence electrons. The van der Waals surface area contributed by atoms with E-state index in [-0.39, 0.29) is 6.61 Å². The molecule has 0 radical (unpaired) electrons. The summed E-state index contributed by atoms with van der Waals surface area (Å²) >= 11 is 24.8. The monoisotopic (exact) mass is 439 g/mol. The molecular weight excluding hydrogens is 424 g/mol. The molecule has 0 spiro atoms. The van der Waals surface area contributed by atoms with Gasteiger partial charge in [0.25, 0.3) is 0 Å². The van der Waals surface area contributed by atoms with Crippen LogP contribution in [-0.4, -0.2) is 0 Å². The van der Waals surface area contributed by atoms with Crippen molar-refractivity contribution in [2.75, 3.05) is 5.32 Å². The van der Waals surface area contributed by atoms with Crippen molar-refractivity contribution >= 4 is 52.1 Å². The second kappa shape index (κ2) is 9.07. The Kier molecular flexibility index (Phi) is 6.78. The van der Waals surface area contributed by atoms with Crippen molar-refractivity contribution in [3.05, 3.63) is 91.4 Å². The van der Waals surface area contributed by atoms with Crippen molar-refractivity contribution in [3.8, 4) is 5.75 Å². The molecule has 0 fully saturated rings. The summed E-state index contributed by atoms with van der Waals surface area (Å²) in [5.74, 6) is 0.709. The molecule has 0 saturated heterocycles. The predicted octanol–water partition coefficient (Wildman–Crippen LogP) is 7.80. The van der Waals surface area contributed by atoms with E-state index in [1.54, 1.807) is 24.3 Å². The van der Waals surface area contributed by atoms with Gasteiger partial charge in [0.15, 0.2) is 0 Å². The first-order valence-corrected chi connectivity index (χ1v) is 9.79. The smallest absolute Gasteiger partial charge is 0.124 e. The maximum Gasteiger partial charge on any atom is 0.124 e. The molecule has 0 amide bonds. The van der Waals surface area contributed by atoms with Gasteiger partial charge in [0.05, 0.1) is 0 Å². The van der Waals surface area contributed by atoms with Crippen LogP contribution < -0.4 is 10.1 Å². The molecule has 0 aliphatic heterocycles. The Balaban J connectivity index is 1.75. The van der Waals surface area contributed by atoms with Crippen LogP contribution in [-0.2, 0) is 13.2 Å². The van der Waals surface area contributed by atoms with Gasteiger partial charge < -0.3 is 10.1 Å². The van der Waals surface area contributed by atoms with Crippen LogP contribution in [0.1, 0.15) is 16.7 Å². The van der Waals surface area contributed by atoms with Gasteiger partial charge >= 0.3 is 0 Å². The highest BCUT2D eigenvalue weighted by atomic mass is 35.5. The van der Waals surface area contributed by atoms with Gasteiger partial charge in [-0.05, 0) is 55.0 Å². The van der Waals surface area contributed by atoms with Crippen LogP contribution in [0.2, 0.25) is 20.1 Å². The van der Waals surface area contributed by atoms with Gasteiger partial charge in [-0.3, -0.25) is 0 Å². The topological polar surface area (TPSA) is 21.3 Å². The second-order valence-corrected chi connectivity index (χ2v) is 7.72. The van der Waals surface area contributed by atoms with Gasteiger partial charge in [-0.15, -0.1) is 0 Å². The summed E-state index contributed by atoms with van der Waals surface area (Å²) in [7, 11) is 0. The standard InChI is InChI=1S/C21H17Cl4NO/c1-13-5-7-16(10-20(13)25)26-11-14-9-15(22)6-8-21(14)27-12-17-18(23)3-2-4-19(17)24/h2-10,26H,11-12H2,1H3. The number of benzene rings is 3. The zero-order valence-corrected chi connectivity index (χ0v) is 17.6. The molecular formula is C21H17Cl4NO. The van der Waals surface area contributed by atoms with E-state index < -0.39 is 0 Å². The van der Waals surface area contributed by atoms with Gasteiger partial charge in [-0.2, -0.15) is 0 Å². The van der Waals surface area contributed by atoms with Crippen molar-refractivity contribution in [1.82, 2.24) is 0 Å². The van der Waals surface area contributed by atoms with Crippen molar-refractivity contribution in [3.63, 3.8) is 0 Å². The summed E-state index contributed by atoms with van der Waals surface area (Å²) in [5.41, 5.74) is 3.62. The van der Waals surface area contributed by atoms with E-state index >= 15 is 0 Å². The molecule has 27 heavy (non-hydrogen) atoms. The highest BCUT2D eigenvalue weighted by Gasteiger charge is 2.10. The molecule has 0 aromatic heterocycles. The molecule has 0 saturated carbocycles. The van der Waals surface area contributed by atoms with E-state index in [4.69, 9.17) is 51.1 Å². The minimum absolute atomic E-state index is 0.267. The van der Waals surface area contributed by atoms with Crippen LogP contribution >= 0.6 is 46.4 Å². The first-order valence-electron chi connectivity index (χ1n) is 8.28. The Hall–Kier alpha value is -1.58. The van der Waals surface area contributed by atoms with Gasteiger partial charge in [0, 0.05) is 43.4 Å². The molecule has 0 bridgehead atoms. The molecule has 0 atom stereocenters. The van der Waals surface area contributed by atoms with Crippen LogP contribution in [0.25, 0.3) is 0 Å². The molecule has 3 aromatic rings. The summed E-state index contributed by atoms with van der Waals surface area (Å²) in [6.45, 7) is 2.77. The van der Waals surface area contributed by atoms with E-state index in [2.05, 4.69) is 5.32 Å². The Morgan fingerprint density at radius 3 is 2.30 bits per heavy atom. The van der Waals surface area contributed by atoms with Crippen molar-refractivity contribution in [2.45, 2.75) is 20.1 Å². The third-order valence-electron chi connectivity index (χ3n) is 4.11. The first kappa shape index (κ1) is 20.2. The highest BCUT2D eigenvalue weighted by Crippen LogP contribution is 2.29. The van der Waals surface area contributed by atoms with Gasteiger partial charge in [-0.25, -0.2) is 0 Å². The lowest BCUT2D eigenvalue weighted by Crippen LogP contribution is -2.04. The lowest BCUT2D eigenvalue weighted by atomic mass is 10.1. The fourth-order valence-electron chi connectivity index (χ4n) is 2.55. The van der Waals surface area contributed by atoms with Crippen LogP contribution in [0.3, 0.4) is 0 Å². The number of anilines is 1. The molecule has 2 nitrogen and oxygen atoms in total. The largest absolute Gasteiger partial charge is 0.488 e. The molecule has 3 rings (SSSR count). The maximum atomic E-state index is 6.22. The lowest BCUT2D eigenvalue weighted by molar-refractivity contribution is 0.303. The quantitative estimate of drug-likeness (QED) is 0.422. The molecule has 0 heterocycles. The predicted molar refractivity (Wildman–Crippen MR) is 116 cm³/mol. The number of aryl methyl sites for hydroxylation is 1. The summed E-state index contributed by atoms with van der Waals surface area (Å²) in [6.07, 6.45) is 0. The van der Waals surface area contributed by atoms with Crippen LogP contribution in [0.15, 0.2) is 54.6 Å². The van der Waals surface area contributed by atoms with Crippen LogP contribution in [0, 0.1) is 6.92 Å². The van der Waals surface area contributed by atoms with Gasteiger partial charge in [-0.1, -0.05) is 58.5 Å². The zero-order chi connectivity index (χ0) is 19.4. The normalized spacial score (nSPS) is 10.7. The van der Waals surface area contributed by atoms with E-state index in [0.717, 1.165) is 27.4 Å². The Morgan fingerprint density at radius 1 is 0.852 bits per heavy atom. The Labute approximate surface area is 179 Å². The van der Waals surface area contributed by atoms with Crippen molar-refractivity contribution in [1.29, 1.82) is 0 Å². The number of hydrogen-bond acceptors (Lipinski definition) is 2. The summed E-state index contributed by atoms with van der Waals surface area (Å²) in [6, 6.07) is 16.7. The van der Waals surface area contributed by atoms with E-state index in [1.807, 2.05) is 37.3 Å². The highest BCUT2D eigenvalue weighted by molar-refractivity contribution is 6.36. The molecule has 6 heteroatoms. The van der Waals surface area contributed by atoms with Crippen LogP contribution in [0.4, 0.5) is 5.69 Å². The van der Waals surface area contributed by atoms with Crippen molar-refractivity contribution in [2.24, 2.45) is 0 Å². The van der Waals surface area contributed by atoms with E-state index in [1.165, 1.54) is 0 Å². The van der Waals surface area contributed by atoms with E-state index in [0.29, 0.717) is 27.4 Å². The number of nitrogens with one attached hydrogen (secondary N) is 1. The molecule has 3 aromatic carbocycles. The summed E-state index contributed by atoms with van der Waals surface area (Å²) in [4.78, 5) is 0. The number of ether oxygens (including phenoxy) is 1. The third-order valence-corrected chi connectivity index (χ3v) is 5.46. The average Bonchev–Trinajstić information content (AvgIpc) is 2.63. The SMILES string of the molecule is Cc1ccc(NCc2cc(Cl)ccc2OCc2c(Cl)cccc2Cl)cc1Cl. The lowest BCUT2D eigenvalue weighted by Gasteiger charge is -2.15. The first-order chi connectivity index (χ1) is 12.9. The molecule has 0 unspecified atom stereocenters. The zero-order valence-electron chi connectivity index (χ0n) is 14.5. The number of halogens is 4.